The van der Waals surface area contributed by atoms with Crippen molar-refractivity contribution in [2.24, 2.45) is 0 Å². The normalized spacial score (nSPS) is 17.5. The summed E-state index contributed by atoms with van der Waals surface area (Å²) in [5, 5.41) is 0. The third-order valence-electron chi connectivity index (χ3n) is 3.03. The van der Waals surface area contributed by atoms with Crippen LogP contribution >= 0.6 is 0 Å². The van der Waals surface area contributed by atoms with Gasteiger partial charge < -0.3 is 16.2 Å². The second-order valence-electron chi connectivity index (χ2n) is 4.12. The summed E-state index contributed by atoms with van der Waals surface area (Å²) in [4.78, 5) is 2.39. The Morgan fingerprint density at radius 2 is 1.94 bits per heavy atom. The molecule has 0 radical (unpaired) electrons. The molecule has 2 rings (SSSR count). The first-order valence-corrected chi connectivity index (χ1v) is 5.70. The molecule has 0 spiro atoms. The van der Waals surface area contributed by atoms with E-state index in [1.54, 1.807) is 0 Å². The quantitative estimate of drug-likeness (QED) is 0.738. The molecule has 0 aliphatic carbocycles. The van der Waals surface area contributed by atoms with Gasteiger partial charge in [0.05, 0.1) is 24.6 Å². The second-order valence-corrected chi connectivity index (χ2v) is 4.12. The van der Waals surface area contributed by atoms with Gasteiger partial charge in [-0.25, -0.2) is 0 Å². The first-order valence-electron chi connectivity index (χ1n) is 5.70. The fraction of sp³-hybridized carbons (Fsp3) is 0.500. The van der Waals surface area contributed by atoms with Gasteiger partial charge in [0.25, 0.3) is 0 Å². The van der Waals surface area contributed by atoms with Crippen molar-refractivity contribution < 1.29 is 4.74 Å². The Labute approximate surface area is 96.2 Å². The minimum absolute atomic E-state index is 0.680. The molecule has 4 N–H and O–H groups in total. The highest BCUT2D eigenvalue weighted by Crippen LogP contribution is 2.20. The van der Waals surface area contributed by atoms with Crippen LogP contribution in [0.2, 0.25) is 0 Å². The Kier molecular flexibility index (Phi) is 3.64. The third-order valence-corrected chi connectivity index (χ3v) is 3.03. The fourth-order valence-corrected chi connectivity index (χ4v) is 1.95. The highest BCUT2D eigenvalue weighted by Gasteiger charge is 2.10. The van der Waals surface area contributed by atoms with Crippen molar-refractivity contribution in [3.05, 3.63) is 23.8 Å². The molecule has 0 unspecified atom stereocenters. The number of para-hydroxylation sites is 1. The molecule has 1 aliphatic rings. The van der Waals surface area contributed by atoms with Crippen molar-refractivity contribution >= 4 is 11.4 Å². The largest absolute Gasteiger partial charge is 0.397 e. The van der Waals surface area contributed by atoms with Crippen molar-refractivity contribution in [2.45, 2.75) is 6.42 Å². The van der Waals surface area contributed by atoms with E-state index < -0.39 is 0 Å². The van der Waals surface area contributed by atoms with Gasteiger partial charge in [0.1, 0.15) is 0 Å². The van der Waals surface area contributed by atoms with Crippen LogP contribution < -0.4 is 11.5 Å². The summed E-state index contributed by atoms with van der Waals surface area (Å²) in [6.07, 6.45) is 0.955. The Balaban J connectivity index is 1.91. The van der Waals surface area contributed by atoms with Crippen LogP contribution in [-0.2, 0) is 11.2 Å². The predicted octanol–water partition coefficient (Wildman–Crippen LogP) is 0.726. The van der Waals surface area contributed by atoms with Crippen molar-refractivity contribution in [3.8, 4) is 0 Å². The van der Waals surface area contributed by atoms with Crippen molar-refractivity contribution in [3.63, 3.8) is 0 Å². The molecule has 4 nitrogen and oxygen atoms in total. The van der Waals surface area contributed by atoms with E-state index in [4.69, 9.17) is 16.2 Å². The van der Waals surface area contributed by atoms with E-state index in [0.29, 0.717) is 5.69 Å². The number of benzene rings is 1. The van der Waals surface area contributed by atoms with Crippen LogP contribution in [0.4, 0.5) is 11.4 Å². The molecule has 0 saturated carbocycles. The summed E-state index contributed by atoms with van der Waals surface area (Å²) in [5.74, 6) is 0. The maximum absolute atomic E-state index is 5.93. The van der Waals surface area contributed by atoms with Crippen LogP contribution in [0.5, 0.6) is 0 Å². The molecule has 88 valence electrons. The van der Waals surface area contributed by atoms with E-state index in [-0.39, 0.29) is 0 Å². The van der Waals surface area contributed by atoms with Gasteiger partial charge in [0.2, 0.25) is 0 Å². The lowest BCUT2D eigenvalue weighted by Crippen LogP contribution is -2.37. The van der Waals surface area contributed by atoms with Gasteiger partial charge in [0, 0.05) is 19.6 Å². The van der Waals surface area contributed by atoms with Crippen LogP contribution in [-0.4, -0.2) is 37.7 Å². The third kappa shape index (κ3) is 2.65. The first kappa shape index (κ1) is 11.2. The molecule has 1 heterocycles. The molecular weight excluding hydrogens is 202 g/mol. The van der Waals surface area contributed by atoms with Gasteiger partial charge in [0.15, 0.2) is 0 Å². The van der Waals surface area contributed by atoms with Gasteiger partial charge in [-0.05, 0) is 18.1 Å². The van der Waals surface area contributed by atoms with Crippen LogP contribution in [0, 0.1) is 0 Å². The standard InChI is InChI=1S/C12H19N3O/c13-11-3-1-2-10(12(11)14)4-5-15-6-8-16-9-7-15/h1-3H,4-9,13-14H2. The summed E-state index contributed by atoms with van der Waals surface area (Å²) < 4.78 is 5.31. The monoisotopic (exact) mass is 221 g/mol. The molecule has 1 aromatic rings. The van der Waals surface area contributed by atoms with Crippen LogP contribution in [0.15, 0.2) is 18.2 Å². The summed E-state index contributed by atoms with van der Waals surface area (Å²) in [6.45, 7) is 4.74. The number of morpholine rings is 1. The zero-order chi connectivity index (χ0) is 11.4. The second kappa shape index (κ2) is 5.18. The fourth-order valence-electron chi connectivity index (χ4n) is 1.95. The van der Waals surface area contributed by atoms with E-state index in [1.165, 1.54) is 0 Å². The van der Waals surface area contributed by atoms with Crippen molar-refractivity contribution in [1.29, 1.82) is 0 Å². The highest BCUT2D eigenvalue weighted by molar-refractivity contribution is 5.67. The zero-order valence-corrected chi connectivity index (χ0v) is 9.48. The average Bonchev–Trinajstić information content (AvgIpc) is 2.32. The molecule has 1 saturated heterocycles. The van der Waals surface area contributed by atoms with Gasteiger partial charge in [-0.1, -0.05) is 12.1 Å². The van der Waals surface area contributed by atoms with Crippen molar-refractivity contribution in [1.82, 2.24) is 4.90 Å². The summed E-state index contributed by atoms with van der Waals surface area (Å²) >= 11 is 0. The number of hydrogen-bond donors (Lipinski definition) is 2. The summed E-state index contributed by atoms with van der Waals surface area (Å²) in [6, 6.07) is 5.85. The van der Waals surface area contributed by atoms with Crippen LogP contribution in [0.25, 0.3) is 0 Å². The molecule has 4 heteroatoms. The lowest BCUT2D eigenvalue weighted by atomic mass is 10.1. The van der Waals surface area contributed by atoms with Gasteiger partial charge in [-0.3, -0.25) is 4.90 Å². The molecule has 1 fully saturated rings. The highest BCUT2D eigenvalue weighted by atomic mass is 16.5. The number of hydrogen-bond acceptors (Lipinski definition) is 4. The first-order chi connectivity index (χ1) is 7.77. The molecule has 0 amide bonds. The minimum atomic E-state index is 0.680. The molecular formula is C12H19N3O. The van der Waals surface area contributed by atoms with E-state index in [9.17, 15) is 0 Å². The minimum Gasteiger partial charge on any atom is -0.397 e. The Bertz CT molecular complexity index is 348. The smallest absolute Gasteiger partial charge is 0.0594 e. The maximum Gasteiger partial charge on any atom is 0.0594 e. The molecule has 0 aromatic heterocycles. The predicted molar refractivity (Wildman–Crippen MR) is 66.2 cm³/mol. The number of ether oxygens (including phenoxy) is 1. The summed E-state index contributed by atoms with van der Waals surface area (Å²) in [7, 11) is 0. The van der Waals surface area contributed by atoms with Crippen LogP contribution in [0.3, 0.4) is 0 Å². The SMILES string of the molecule is Nc1cccc(CCN2CCOCC2)c1N. The van der Waals surface area contributed by atoms with Crippen LogP contribution in [0.1, 0.15) is 5.56 Å². The Morgan fingerprint density at radius 3 is 2.69 bits per heavy atom. The molecule has 1 aromatic carbocycles. The summed E-state index contributed by atoms with van der Waals surface area (Å²) in [5.41, 5.74) is 14.3. The number of nitrogens with two attached hydrogens (primary N) is 2. The van der Waals surface area contributed by atoms with Gasteiger partial charge >= 0.3 is 0 Å². The Morgan fingerprint density at radius 1 is 1.19 bits per heavy atom. The zero-order valence-electron chi connectivity index (χ0n) is 9.48. The number of nitrogens with zero attached hydrogens (tertiary/aromatic N) is 1. The van der Waals surface area contributed by atoms with Gasteiger partial charge in [-0.15, -0.1) is 0 Å². The molecule has 16 heavy (non-hydrogen) atoms. The lowest BCUT2D eigenvalue weighted by Gasteiger charge is -2.26. The molecule has 0 bridgehead atoms. The van der Waals surface area contributed by atoms with E-state index in [2.05, 4.69) is 4.90 Å². The number of rotatable bonds is 3. The lowest BCUT2D eigenvalue weighted by molar-refractivity contribution is 0.0384. The van der Waals surface area contributed by atoms with E-state index in [1.807, 2.05) is 18.2 Å². The Hall–Kier alpha value is -1.26. The number of anilines is 2. The number of nitrogen functional groups attached to an aromatic ring is 2. The van der Waals surface area contributed by atoms with Crippen molar-refractivity contribution in [2.75, 3.05) is 44.3 Å². The molecule has 0 atom stereocenters. The topological polar surface area (TPSA) is 64.5 Å². The maximum atomic E-state index is 5.93. The van der Waals surface area contributed by atoms with E-state index >= 15 is 0 Å². The molecule has 1 aliphatic heterocycles. The van der Waals surface area contributed by atoms with Gasteiger partial charge in [-0.2, -0.15) is 0 Å². The van der Waals surface area contributed by atoms with E-state index in [0.717, 1.165) is 50.5 Å². The average molecular weight is 221 g/mol.